The van der Waals surface area contributed by atoms with Gasteiger partial charge >= 0.3 is 41.8 Å². The Balaban J connectivity index is -0.000000392. The average molecular weight is 460 g/mol. The zero-order valence-corrected chi connectivity index (χ0v) is 15.3. The minimum atomic E-state index is -2.74. The predicted molar refractivity (Wildman–Crippen MR) is 88.9 cm³/mol. The number of aliphatic hydroxyl groups is 3. The molecular formula is C14H20O17. The molecule has 0 bridgehead atoms. The van der Waals surface area contributed by atoms with E-state index in [1.807, 2.05) is 0 Å². The summed E-state index contributed by atoms with van der Waals surface area (Å²) in [6.07, 6.45) is -7.41. The maximum atomic E-state index is 10.3. The first-order chi connectivity index (χ1) is 13.9. The van der Waals surface area contributed by atoms with Gasteiger partial charge in [0.15, 0.2) is 17.8 Å². The van der Waals surface area contributed by atoms with Crippen molar-refractivity contribution in [2.24, 2.45) is 0 Å². The molecule has 31 heavy (non-hydrogen) atoms. The van der Waals surface area contributed by atoms with Gasteiger partial charge in [0, 0.05) is 0 Å². The van der Waals surface area contributed by atoms with Crippen LogP contribution >= 0.6 is 0 Å². The van der Waals surface area contributed by atoms with E-state index in [2.05, 4.69) is 0 Å². The minimum Gasteiger partial charge on any atom is -0.481 e. The minimum absolute atomic E-state index is 0.296. The van der Waals surface area contributed by atoms with Gasteiger partial charge in [0.25, 0.3) is 0 Å². The van der Waals surface area contributed by atoms with Gasteiger partial charge in [0.2, 0.25) is 0 Å². The van der Waals surface area contributed by atoms with Gasteiger partial charge in [-0.25, -0.2) is 14.4 Å². The Bertz CT molecular complexity index is 632. The van der Waals surface area contributed by atoms with E-state index < -0.39 is 72.4 Å². The Morgan fingerprint density at radius 3 is 0.935 bits per heavy atom. The van der Waals surface area contributed by atoms with E-state index in [0.29, 0.717) is 0 Å². The molecule has 0 spiro atoms. The van der Waals surface area contributed by atoms with E-state index >= 15 is 0 Å². The van der Waals surface area contributed by atoms with Crippen LogP contribution in [0.25, 0.3) is 0 Å². The first-order valence-corrected chi connectivity index (χ1v) is 7.52. The van der Waals surface area contributed by atoms with Gasteiger partial charge in [-0.3, -0.25) is 19.2 Å². The fourth-order valence-electron chi connectivity index (χ4n) is 1.20. The fourth-order valence-corrected chi connectivity index (χ4v) is 1.20. The Hall–Kier alpha value is -3.83. The normalized spacial score (nSPS) is 11.8. The second-order valence-electron chi connectivity index (χ2n) is 5.33. The van der Waals surface area contributed by atoms with Crippen LogP contribution < -0.4 is 0 Å². The highest BCUT2D eigenvalue weighted by molar-refractivity contribution is 5.88. The molecule has 2 unspecified atom stereocenters. The summed E-state index contributed by atoms with van der Waals surface area (Å²) in [4.78, 5) is 69.3. The van der Waals surface area contributed by atoms with Crippen molar-refractivity contribution in [1.82, 2.24) is 0 Å². The van der Waals surface area contributed by atoms with Crippen molar-refractivity contribution >= 4 is 41.8 Å². The molecule has 0 aromatic rings. The van der Waals surface area contributed by atoms with Gasteiger partial charge in [-0.15, -0.1) is 0 Å². The molecule has 0 saturated heterocycles. The van der Waals surface area contributed by atoms with E-state index in [1.54, 1.807) is 0 Å². The molecule has 0 rings (SSSR count). The smallest absolute Gasteiger partial charge is 0.336 e. The molecule has 0 aromatic heterocycles. The first-order valence-electron chi connectivity index (χ1n) is 7.52. The molecule has 0 aromatic carbocycles. The zero-order valence-electron chi connectivity index (χ0n) is 15.3. The maximum absolute atomic E-state index is 10.3. The topological polar surface area (TPSA) is 322 Å². The van der Waals surface area contributed by atoms with Gasteiger partial charge in [0.05, 0.1) is 25.7 Å². The molecule has 0 aliphatic rings. The molecule has 0 aliphatic carbocycles. The number of aliphatic carboxylic acids is 7. The molecule has 2 atom stereocenters. The molecule has 0 heterocycles. The van der Waals surface area contributed by atoms with Crippen LogP contribution in [-0.2, 0) is 33.6 Å². The molecule has 0 fully saturated rings. The largest absolute Gasteiger partial charge is 0.481 e. The highest BCUT2D eigenvalue weighted by atomic mass is 16.4. The number of carboxylic acids is 7. The highest BCUT2D eigenvalue weighted by Gasteiger charge is 2.40. The van der Waals surface area contributed by atoms with E-state index in [-0.39, 0.29) is 12.8 Å². The van der Waals surface area contributed by atoms with E-state index in [4.69, 9.17) is 51.1 Å². The predicted octanol–water partition coefficient (Wildman–Crippen LogP) is -3.44. The summed E-state index contributed by atoms with van der Waals surface area (Å²) in [5.41, 5.74) is -2.74. The van der Waals surface area contributed by atoms with Gasteiger partial charge < -0.3 is 51.1 Å². The van der Waals surface area contributed by atoms with Crippen molar-refractivity contribution in [3.8, 4) is 0 Å². The Labute approximate surface area is 171 Å². The molecule has 178 valence electrons. The van der Waals surface area contributed by atoms with Gasteiger partial charge in [-0.05, 0) is 0 Å². The zero-order chi connectivity index (χ0) is 25.5. The number of hydrogen-bond acceptors (Lipinski definition) is 10. The van der Waals surface area contributed by atoms with E-state index in [9.17, 15) is 33.6 Å². The maximum Gasteiger partial charge on any atom is 0.336 e. The Morgan fingerprint density at radius 2 is 0.806 bits per heavy atom. The third kappa shape index (κ3) is 18.0. The van der Waals surface area contributed by atoms with Gasteiger partial charge in [-0.1, -0.05) is 0 Å². The van der Waals surface area contributed by atoms with Crippen molar-refractivity contribution < 1.29 is 84.6 Å². The van der Waals surface area contributed by atoms with Crippen LogP contribution in [0.2, 0.25) is 0 Å². The van der Waals surface area contributed by atoms with Crippen LogP contribution in [0, 0.1) is 0 Å². The van der Waals surface area contributed by atoms with Crippen LogP contribution in [0.5, 0.6) is 0 Å². The number of carbonyl (C=O) groups is 7. The molecule has 0 radical (unpaired) electrons. The number of hydrogen-bond donors (Lipinski definition) is 10. The summed E-state index contributed by atoms with van der Waals surface area (Å²) in [6, 6.07) is 0. The highest BCUT2D eigenvalue weighted by Crippen LogP contribution is 2.15. The molecule has 0 amide bonds. The number of aliphatic hydroxyl groups excluding tert-OH is 2. The summed E-state index contributed by atoms with van der Waals surface area (Å²) in [6.45, 7) is 0. The van der Waals surface area contributed by atoms with Crippen molar-refractivity contribution in [1.29, 1.82) is 0 Å². The van der Waals surface area contributed by atoms with Gasteiger partial charge in [0.1, 0.15) is 0 Å². The molecule has 17 heteroatoms. The number of carboxylic acid groups (broad SMARTS) is 7. The van der Waals surface area contributed by atoms with Crippen LogP contribution in [0.4, 0.5) is 0 Å². The third-order valence-corrected chi connectivity index (χ3v) is 2.64. The van der Waals surface area contributed by atoms with Crippen molar-refractivity contribution in [3.05, 3.63) is 0 Å². The third-order valence-electron chi connectivity index (χ3n) is 2.64. The molecule has 10 N–H and O–H groups in total. The second-order valence-corrected chi connectivity index (χ2v) is 5.33. The standard InChI is InChI=1S/C6H8O7.C4H6O6.C4H6O4/c7-3(8)1-6(13,5(11)12)2-4(9)10;5-1(3(7)8)2(6)4(9)10;5-3(6)1-2-4(7)8/h13H,1-2H2,(H,7,8)(H,9,10)(H,11,12);1-2,5-6H,(H,7,8)(H,9,10);1-2H2,(H,5,6)(H,7,8). The lowest BCUT2D eigenvalue weighted by Gasteiger charge is -2.18. The lowest BCUT2D eigenvalue weighted by atomic mass is 9.96. The van der Waals surface area contributed by atoms with Crippen molar-refractivity contribution in [2.75, 3.05) is 0 Å². The van der Waals surface area contributed by atoms with Crippen LogP contribution in [-0.4, -0.2) is 111 Å². The SMILES string of the molecule is O=C(O)C(O)C(O)C(=O)O.O=C(O)CC(O)(CC(=O)O)C(=O)O.O=C(O)CCC(=O)O. The van der Waals surface area contributed by atoms with Crippen molar-refractivity contribution in [3.63, 3.8) is 0 Å². The summed E-state index contributed by atoms with van der Waals surface area (Å²) in [5.74, 6) is -10.7. The summed E-state index contributed by atoms with van der Waals surface area (Å²) >= 11 is 0. The molecule has 0 saturated carbocycles. The summed E-state index contributed by atoms with van der Waals surface area (Å²) in [7, 11) is 0. The van der Waals surface area contributed by atoms with E-state index in [1.165, 1.54) is 0 Å². The van der Waals surface area contributed by atoms with Crippen LogP contribution in [0.3, 0.4) is 0 Å². The lowest BCUT2D eigenvalue weighted by molar-refractivity contribution is -0.170. The fraction of sp³-hybridized carbons (Fsp3) is 0.500. The van der Waals surface area contributed by atoms with Gasteiger partial charge in [-0.2, -0.15) is 0 Å². The summed E-state index contributed by atoms with van der Waals surface area (Å²) in [5, 5.41) is 82.1. The average Bonchev–Trinajstić information content (AvgIpc) is 2.57. The molecule has 17 nitrogen and oxygen atoms in total. The quantitative estimate of drug-likeness (QED) is 0.143. The van der Waals surface area contributed by atoms with Crippen LogP contribution in [0.1, 0.15) is 25.7 Å². The molecular weight excluding hydrogens is 440 g/mol. The lowest BCUT2D eigenvalue weighted by Crippen LogP contribution is -2.42. The van der Waals surface area contributed by atoms with Crippen LogP contribution in [0.15, 0.2) is 0 Å². The first kappa shape index (κ1) is 31.9. The second kappa shape index (κ2) is 15.1. The van der Waals surface area contributed by atoms with E-state index in [0.717, 1.165) is 0 Å². The summed E-state index contributed by atoms with van der Waals surface area (Å²) < 4.78 is 0. The number of rotatable bonds is 11. The van der Waals surface area contributed by atoms with Crippen molar-refractivity contribution in [2.45, 2.75) is 43.5 Å². The Kier molecular flexibility index (Phi) is 15.5. The monoisotopic (exact) mass is 460 g/mol. The Morgan fingerprint density at radius 1 is 0.548 bits per heavy atom. The molecule has 0 aliphatic heterocycles.